The van der Waals surface area contributed by atoms with Crippen molar-refractivity contribution in [2.24, 2.45) is 5.92 Å². The first-order chi connectivity index (χ1) is 13.8. The molecule has 1 amide bonds. The Morgan fingerprint density at radius 2 is 1.89 bits per heavy atom. The van der Waals surface area contributed by atoms with Crippen LogP contribution in [0.5, 0.6) is 5.75 Å². The Hall–Kier alpha value is -2.37. The smallest absolute Gasteiger partial charge is 0.264 e. The number of hydrogen-bond donors (Lipinski definition) is 0. The van der Waals surface area contributed by atoms with Gasteiger partial charge in [-0.05, 0) is 37.8 Å². The van der Waals surface area contributed by atoms with E-state index in [1.54, 1.807) is 13.4 Å². The Labute approximate surface area is 165 Å². The molecule has 2 atom stereocenters. The lowest BCUT2D eigenvalue weighted by atomic mass is 9.64. The molecule has 0 unspecified atom stereocenters. The molecule has 1 aliphatic heterocycles. The topological polar surface area (TPSA) is 60.2 Å². The molecule has 5 rings (SSSR count). The Balaban J connectivity index is 1.64. The third-order valence-electron chi connectivity index (χ3n) is 7.19. The number of para-hydroxylation sites is 1. The molecule has 2 fully saturated rings. The molecule has 6 heteroatoms. The van der Waals surface area contributed by atoms with Crippen LogP contribution in [0, 0.1) is 5.92 Å². The highest BCUT2D eigenvalue weighted by Crippen LogP contribution is 2.52. The van der Waals surface area contributed by atoms with Gasteiger partial charge in [-0.2, -0.15) is 10.1 Å². The van der Waals surface area contributed by atoms with Crippen LogP contribution in [0.3, 0.4) is 0 Å². The third kappa shape index (κ3) is 2.50. The molecular weight excluding hydrogens is 352 g/mol. The number of fused-ring (bicyclic) bond motifs is 4. The summed E-state index contributed by atoms with van der Waals surface area (Å²) in [6, 6.07) is 7.69. The first-order valence-corrected chi connectivity index (χ1v) is 10.6. The number of aromatic nitrogens is 3. The van der Waals surface area contributed by atoms with E-state index >= 15 is 0 Å². The fraction of sp³-hybridized carbons (Fsp3) is 0.591. The molecule has 0 N–H and O–H groups in total. The molecule has 1 spiro atoms. The van der Waals surface area contributed by atoms with Crippen LogP contribution in [0.2, 0.25) is 0 Å². The summed E-state index contributed by atoms with van der Waals surface area (Å²) in [5.41, 5.74) is 0.635. The second-order valence-electron chi connectivity index (χ2n) is 8.47. The number of methoxy groups -OCH3 is 1. The Kier molecular flexibility index (Phi) is 4.37. The number of benzene rings is 1. The second-order valence-corrected chi connectivity index (χ2v) is 8.47. The van der Waals surface area contributed by atoms with Crippen LogP contribution in [0.25, 0.3) is 0 Å². The minimum absolute atomic E-state index is 0.0192. The van der Waals surface area contributed by atoms with Crippen molar-refractivity contribution >= 4 is 11.9 Å². The van der Waals surface area contributed by atoms with E-state index in [0.717, 1.165) is 25.2 Å². The van der Waals surface area contributed by atoms with Crippen molar-refractivity contribution in [3.8, 4) is 5.75 Å². The van der Waals surface area contributed by atoms with Crippen LogP contribution >= 0.6 is 0 Å². The van der Waals surface area contributed by atoms with Gasteiger partial charge in [0.2, 0.25) is 5.95 Å². The van der Waals surface area contributed by atoms with Crippen molar-refractivity contribution in [1.82, 2.24) is 14.8 Å². The van der Waals surface area contributed by atoms with Crippen LogP contribution in [-0.4, -0.2) is 33.8 Å². The summed E-state index contributed by atoms with van der Waals surface area (Å²) in [4.78, 5) is 20.3. The molecule has 3 aliphatic rings. The summed E-state index contributed by atoms with van der Waals surface area (Å²) < 4.78 is 7.60. The van der Waals surface area contributed by atoms with Crippen molar-refractivity contribution in [2.45, 2.75) is 69.4 Å². The molecule has 148 valence electrons. The molecular formula is C22H28N4O2. The van der Waals surface area contributed by atoms with Gasteiger partial charge >= 0.3 is 0 Å². The van der Waals surface area contributed by atoms with Crippen LogP contribution < -0.4 is 9.64 Å². The maximum absolute atomic E-state index is 13.7. The van der Waals surface area contributed by atoms with Gasteiger partial charge in [0, 0.05) is 12.0 Å². The highest BCUT2D eigenvalue weighted by Gasteiger charge is 2.54. The van der Waals surface area contributed by atoms with E-state index in [1.165, 1.54) is 38.5 Å². The maximum Gasteiger partial charge on any atom is 0.264 e. The van der Waals surface area contributed by atoms with E-state index in [9.17, 15) is 4.79 Å². The molecule has 0 bridgehead atoms. The summed E-state index contributed by atoms with van der Waals surface area (Å²) in [7, 11) is 1.62. The van der Waals surface area contributed by atoms with Crippen molar-refractivity contribution in [1.29, 1.82) is 0 Å². The van der Waals surface area contributed by atoms with Gasteiger partial charge in [0.1, 0.15) is 12.1 Å². The molecule has 6 nitrogen and oxygen atoms in total. The largest absolute Gasteiger partial charge is 0.496 e. The number of anilines is 1. The lowest BCUT2D eigenvalue weighted by Gasteiger charge is -2.55. The van der Waals surface area contributed by atoms with E-state index in [2.05, 4.69) is 14.8 Å². The number of rotatable bonds is 2. The highest BCUT2D eigenvalue weighted by atomic mass is 16.5. The van der Waals surface area contributed by atoms with E-state index in [1.807, 2.05) is 29.2 Å². The van der Waals surface area contributed by atoms with Gasteiger partial charge in [-0.15, -0.1) is 0 Å². The number of hydrogen-bond acceptors (Lipinski definition) is 4. The van der Waals surface area contributed by atoms with E-state index in [-0.39, 0.29) is 17.5 Å². The first-order valence-electron chi connectivity index (χ1n) is 10.6. The Morgan fingerprint density at radius 3 is 2.71 bits per heavy atom. The fourth-order valence-corrected chi connectivity index (χ4v) is 6.01. The molecule has 0 saturated heterocycles. The Bertz CT molecular complexity index is 871. The van der Waals surface area contributed by atoms with Gasteiger partial charge in [0.15, 0.2) is 0 Å². The first kappa shape index (κ1) is 17.7. The summed E-state index contributed by atoms with van der Waals surface area (Å²) in [5, 5.41) is 4.67. The fourth-order valence-electron chi connectivity index (χ4n) is 6.01. The number of amides is 1. The molecule has 2 aliphatic carbocycles. The second kappa shape index (κ2) is 6.90. The van der Waals surface area contributed by atoms with Gasteiger partial charge in [-0.25, -0.2) is 4.68 Å². The van der Waals surface area contributed by atoms with Crippen LogP contribution in [0.15, 0.2) is 30.6 Å². The molecule has 2 heterocycles. The predicted octanol–water partition coefficient (Wildman–Crippen LogP) is 4.17. The Morgan fingerprint density at radius 1 is 1.11 bits per heavy atom. The number of ether oxygens (including phenoxy) is 1. The molecule has 2 saturated carbocycles. The van der Waals surface area contributed by atoms with E-state index < -0.39 is 0 Å². The summed E-state index contributed by atoms with van der Waals surface area (Å²) in [6.07, 6.45) is 12.3. The van der Waals surface area contributed by atoms with Gasteiger partial charge in [0.05, 0.1) is 18.2 Å². The standard InChI is InChI=1S/C22H28N4O2/c1-28-19-12-6-3-9-16(19)20(27)25-18-11-5-4-10-17(18)22(13-7-2-8-14-22)26-21(25)23-15-24-26/h3,6,9,12,15,17-18H,2,4-5,7-8,10-11,13-14H2,1H3/t17-,18+/m1/s1. The van der Waals surface area contributed by atoms with E-state index in [0.29, 0.717) is 17.2 Å². The van der Waals surface area contributed by atoms with Crippen molar-refractivity contribution in [3.05, 3.63) is 36.2 Å². The number of nitrogens with zero attached hydrogens (tertiary/aromatic N) is 4. The zero-order valence-electron chi connectivity index (χ0n) is 16.5. The summed E-state index contributed by atoms with van der Waals surface area (Å²) in [6.45, 7) is 0. The van der Waals surface area contributed by atoms with Crippen molar-refractivity contribution < 1.29 is 9.53 Å². The average molecular weight is 380 g/mol. The van der Waals surface area contributed by atoms with Gasteiger partial charge in [-0.3, -0.25) is 9.69 Å². The van der Waals surface area contributed by atoms with Gasteiger partial charge in [0.25, 0.3) is 5.91 Å². The van der Waals surface area contributed by atoms with Gasteiger partial charge in [-0.1, -0.05) is 44.2 Å². The normalized spacial score (nSPS) is 25.8. The number of carbonyl (C=O) groups is 1. The molecule has 0 radical (unpaired) electrons. The lowest BCUT2D eigenvalue weighted by Crippen LogP contribution is -2.61. The van der Waals surface area contributed by atoms with Crippen LogP contribution in [-0.2, 0) is 5.54 Å². The quantitative estimate of drug-likeness (QED) is 0.785. The van der Waals surface area contributed by atoms with E-state index in [4.69, 9.17) is 4.74 Å². The maximum atomic E-state index is 13.7. The zero-order valence-corrected chi connectivity index (χ0v) is 16.5. The number of carbonyl (C=O) groups excluding carboxylic acids is 1. The lowest BCUT2D eigenvalue weighted by molar-refractivity contribution is 0.0312. The van der Waals surface area contributed by atoms with Crippen molar-refractivity contribution in [2.75, 3.05) is 12.0 Å². The average Bonchev–Trinajstić information content (AvgIpc) is 3.25. The predicted molar refractivity (Wildman–Crippen MR) is 107 cm³/mol. The van der Waals surface area contributed by atoms with Crippen LogP contribution in [0.1, 0.15) is 68.1 Å². The molecule has 2 aromatic rings. The summed E-state index contributed by atoms with van der Waals surface area (Å²) >= 11 is 0. The third-order valence-corrected chi connectivity index (χ3v) is 7.19. The molecule has 28 heavy (non-hydrogen) atoms. The molecule has 1 aromatic heterocycles. The van der Waals surface area contributed by atoms with Gasteiger partial charge < -0.3 is 4.74 Å². The van der Waals surface area contributed by atoms with Crippen LogP contribution in [0.4, 0.5) is 5.95 Å². The highest BCUT2D eigenvalue weighted by molar-refractivity contribution is 6.07. The van der Waals surface area contributed by atoms with Crippen molar-refractivity contribution in [3.63, 3.8) is 0 Å². The SMILES string of the molecule is COc1ccccc1C(=O)N1c2ncnn2C2(CCCCC2)[C@@H]2CCCC[C@@H]21. The molecule has 1 aromatic carbocycles. The minimum atomic E-state index is -0.0192. The summed E-state index contributed by atoms with van der Waals surface area (Å²) in [5.74, 6) is 1.77. The zero-order chi connectivity index (χ0) is 19.1. The minimum Gasteiger partial charge on any atom is -0.496 e. The monoisotopic (exact) mass is 380 g/mol.